The summed E-state index contributed by atoms with van der Waals surface area (Å²) in [5, 5.41) is 17.0. The van der Waals surface area contributed by atoms with Crippen molar-refractivity contribution in [2.45, 2.75) is 32.7 Å². The molecule has 118 valence electrons. The summed E-state index contributed by atoms with van der Waals surface area (Å²) in [6.45, 7) is 4.00. The Morgan fingerprint density at radius 1 is 1.41 bits per heavy atom. The number of aromatic nitrogens is 2. The number of likely N-dealkylation sites (N-methyl/N-ethyl adjacent to an activating group) is 1. The molecule has 2 aromatic heterocycles. The van der Waals surface area contributed by atoms with Crippen LogP contribution >= 0.6 is 11.3 Å². The molecule has 0 fully saturated rings. The zero-order valence-corrected chi connectivity index (χ0v) is 13.3. The van der Waals surface area contributed by atoms with Crippen LogP contribution in [-0.4, -0.2) is 34.6 Å². The lowest BCUT2D eigenvalue weighted by Crippen LogP contribution is -2.44. The molecule has 7 nitrogen and oxygen atoms in total. The normalized spacial score (nSPS) is 11.9. The molecular weight excluding hydrogens is 304 g/mol. The number of nitrogens with zero attached hydrogens (tertiary/aromatic N) is 2. The Balaban J connectivity index is 1.80. The van der Waals surface area contributed by atoms with Crippen molar-refractivity contribution in [2.24, 2.45) is 0 Å². The van der Waals surface area contributed by atoms with Crippen LogP contribution in [0.3, 0.4) is 0 Å². The minimum atomic E-state index is -0.559. The van der Waals surface area contributed by atoms with E-state index in [1.165, 1.54) is 0 Å². The standard InChI is InChI=1S/C14H18N4O3S/c1-3-15-13(20)9(2)16-11(19)4-5-12-17-18-14(21-12)10-6-7-22-8-10/h6-9H,3-5H2,1-2H3,(H,15,20)(H,16,19)/t9-/m1/s1. The van der Waals surface area contributed by atoms with Crippen molar-refractivity contribution in [3.05, 3.63) is 22.7 Å². The summed E-state index contributed by atoms with van der Waals surface area (Å²) in [5.41, 5.74) is 0.873. The van der Waals surface area contributed by atoms with Crippen LogP contribution in [0.15, 0.2) is 21.2 Å². The highest BCUT2D eigenvalue weighted by Crippen LogP contribution is 2.20. The van der Waals surface area contributed by atoms with E-state index in [1.54, 1.807) is 18.3 Å². The Labute approximate surface area is 132 Å². The summed E-state index contributed by atoms with van der Waals surface area (Å²) in [4.78, 5) is 23.3. The molecule has 2 N–H and O–H groups in total. The smallest absolute Gasteiger partial charge is 0.248 e. The number of thiophene rings is 1. The molecule has 1 atom stereocenters. The molecule has 0 aromatic carbocycles. The molecule has 22 heavy (non-hydrogen) atoms. The van der Waals surface area contributed by atoms with Crippen molar-refractivity contribution < 1.29 is 14.0 Å². The van der Waals surface area contributed by atoms with Gasteiger partial charge in [0.15, 0.2) is 0 Å². The van der Waals surface area contributed by atoms with Gasteiger partial charge in [-0.25, -0.2) is 0 Å². The number of nitrogens with one attached hydrogen (secondary N) is 2. The van der Waals surface area contributed by atoms with Gasteiger partial charge >= 0.3 is 0 Å². The molecule has 0 bridgehead atoms. The minimum absolute atomic E-state index is 0.189. The number of rotatable bonds is 7. The quantitative estimate of drug-likeness (QED) is 0.802. The molecular formula is C14H18N4O3S. The first-order valence-corrected chi connectivity index (χ1v) is 7.96. The molecule has 0 spiro atoms. The van der Waals surface area contributed by atoms with E-state index in [-0.39, 0.29) is 18.2 Å². The van der Waals surface area contributed by atoms with E-state index in [1.807, 2.05) is 23.8 Å². The molecule has 0 saturated carbocycles. The Kier molecular flexibility index (Phi) is 5.65. The van der Waals surface area contributed by atoms with Gasteiger partial charge in [0.1, 0.15) is 6.04 Å². The maximum Gasteiger partial charge on any atom is 0.248 e. The van der Waals surface area contributed by atoms with Crippen LogP contribution in [0.2, 0.25) is 0 Å². The second kappa shape index (κ2) is 7.69. The van der Waals surface area contributed by atoms with Crippen molar-refractivity contribution in [1.82, 2.24) is 20.8 Å². The maximum absolute atomic E-state index is 11.8. The third-order valence-electron chi connectivity index (χ3n) is 2.92. The Bertz CT molecular complexity index is 624. The fourth-order valence-electron chi connectivity index (χ4n) is 1.78. The van der Waals surface area contributed by atoms with Crippen molar-refractivity contribution in [2.75, 3.05) is 6.54 Å². The largest absolute Gasteiger partial charge is 0.421 e. The maximum atomic E-state index is 11.8. The van der Waals surface area contributed by atoms with Gasteiger partial charge in [-0.2, -0.15) is 11.3 Å². The fourth-order valence-corrected chi connectivity index (χ4v) is 2.41. The first-order valence-electron chi connectivity index (χ1n) is 7.02. The number of amides is 2. The second-order valence-corrected chi connectivity index (χ2v) is 5.48. The molecule has 0 aliphatic rings. The van der Waals surface area contributed by atoms with Crippen molar-refractivity contribution in [3.63, 3.8) is 0 Å². The molecule has 0 aliphatic carbocycles. The van der Waals surface area contributed by atoms with E-state index >= 15 is 0 Å². The number of carbonyl (C=O) groups is 2. The lowest BCUT2D eigenvalue weighted by atomic mass is 10.2. The van der Waals surface area contributed by atoms with Crippen LogP contribution in [0, 0.1) is 0 Å². The van der Waals surface area contributed by atoms with E-state index in [9.17, 15) is 9.59 Å². The van der Waals surface area contributed by atoms with Crippen LogP contribution in [-0.2, 0) is 16.0 Å². The number of hydrogen-bond donors (Lipinski definition) is 2. The highest BCUT2D eigenvalue weighted by Gasteiger charge is 2.16. The average molecular weight is 322 g/mol. The summed E-state index contributed by atoms with van der Waals surface area (Å²) in [5.74, 6) is 0.428. The van der Waals surface area contributed by atoms with E-state index < -0.39 is 6.04 Å². The topological polar surface area (TPSA) is 97.1 Å². The fraction of sp³-hybridized carbons (Fsp3) is 0.429. The average Bonchev–Trinajstić information content (AvgIpc) is 3.16. The van der Waals surface area contributed by atoms with Gasteiger partial charge in [0.2, 0.25) is 23.6 Å². The van der Waals surface area contributed by atoms with Gasteiger partial charge in [-0.1, -0.05) is 0 Å². The van der Waals surface area contributed by atoms with E-state index in [0.29, 0.717) is 24.7 Å². The molecule has 2 rings (SSSR count). The van der Waals surface area contributed by atoms with Crippen LogP contribution in [0.4, 0.5) is 0 Å². The molecule has 2 amide bonds. The van der Waals surface area contributed by atoms with E-state index in [0.717, 1.165) is 5.56 Å². The molecule has 0 aliphatic heterocycles. The summed E-state index contributed by atoms with van der Waals surface area (Å²) >= 11 is 1.55. The van der Waals surface area contributed by atoms with Gasteiger partial charge in [-0.3, -0.25) is 9.59 Å². The van der Waals surface area contributed by atoms with Gasteiger partial charge in [-0.15, -0.1) is 10.2 Å². The van der Waals surface area contributed by atoms with E-state index in [2.05, 4.69) is 20.8 Å². The van der Waals surface area contributed by atoms with Crippen molar-refractivity contribution >= 4 is 23.2 Å². The van der Waals surface area contributed by atoms with Crippen molar-refractivity contribution in [1.29, 1.82) is 0 Å². The molecule has 2 heterocycles. The predicted octanol–water partition coefficient (Wildman–Crippen LogP) is 1.37. The monoisotopic (exact) mass is 322 g/mol. The number of aryl methyl sites for hydroxylation is 1. The predicted molar refractivity (Wildman–Crippen MR) is 82.2 cm³/mol. The van der Waals surface area contributed by atoms with Gasteiger partial charge < -0.3 is 15.1 Å². The molecule has 2 aromatic rings. The summed E-state index contributed by atoms with van der Waals surface area (Å²) in [6.07, 6.45) is 0.528. The molecule has 0 radical (unpaired) electrons. The van der Waals surface area contributed by atoms with E-state index in [4.69, 9.17) is 4.42 Å². The third kappa shape index (κ3) is 4.39. The highest BCUT2D eigenvalue weighted by molar-refractivity contribution is 7.08. The Morgan fingerprint density at radius 3 is 2.91 bits per heavy atom. The van der Waals surface area contributed by atoms with Crippen LogP contribution < -0.4 is 10.6 Å². The SMILES string of the molecule is CCNC(=O)[C@@H](C)NC(=O)CCc1nnc(-c2ccsc2)o1. The Morgan fingerprint density at radius 2 is 2.23 bits per heavy atom. The molecule has 0 unspecified atom stereocenters. The molecule has 8 heteroatoms. The zero-order chi connectivity index (χ0) is 15.9. The lowest BCUT2D eigenvalue weighted by molar-refractivity contribution is -0.128. The van der Waals surface area contributed by atoms with Crippen LogP contribution in [0.25, 0.3) is 11.5 Å². The Hall–Kier alpha value is -2.22. The second-order valence-electron chi connectivity index (χ2n) is 4.70. The van der Waals surface area contributed by atoms with Crippen LogP contribution in [0.1, 0.15) is 26.2 Å². The minimum Gasteiger partial charge on any atom is -0.421 e. The first-order chi connectivity index (χ1) is 10.6. The number of hydrogen-bond acceptors (Lipinski definition) is 6. The van der Waals surface area contributed by atoms with Crippen molar-refractivity contribution in [3.8, 4) is 11.5 Å². The summed E-state index contributed by atoms with van der Waals surface area (Å²) in [6, 6.07) is 1.33. The van der Waals surface area contributed by atoms with Crippen LogP contribution in [0.5, 0.6) is 0 Å². The third-order valence-corrected chi connectivity index (χ3v) is 3.61. The van der Waals surface area contributed by atoms with Gasteiger partial charge in [0.05, 0.1) is 0 Å². The first kappa shape index (κ1) is 16.2. The molecule has 0 saturated heterocycles. The zero-order valence-electron chi connectivity index (χ0n) is 12.5. The van der Waals surface area contributed by atoms with Gasteiger partial charge in [0, 0.05) is 30.3 Å². The summed E-state index contributed by atoms with van der Waals surface area (Å²) < 4.78 is 5.49. The van der Waals surface area contributed by atoms with Gasteiger partial charge in [-0.05, 0) is 25.3 Å². The highest BCUT2D eigenvalue weighted by atomic mass is 32.1. The summed E-state index contributed by atoms with van der Waals surface area (Å²) in [7, 11) is 0. The lowest BCUT2D eigenvalue weighted by Gasteiger charge is -2.12. The number of carbonyl (C=O) groups excluding carboxylic acids is 2. The van der Waals surface area contributed by atoms with Gasteiger partial charge in [0.25, 0.3) is 0 Å².